The molecule has 0 saturated carbocycles. The third kappa shape index (κ3) is 1.77. The Hall–Kier alpha value is -1.36. The molecule has 1 fully saturated rings. The van der Waals surface area contributed by atoms with Crippen LogP contribution in [0.1, 0.15) is 35.2 Å². The molecule has 1 aliphatic heterocycles. The van der Waals surface area contributed by atoms with Crippen molar-refractivity contribution in [3.05, 3.63) is 17.8 Å². The number of oxazole rings is 1. The normalized spacial score (nSPS) is 22.1. The highest BCUT2D eigenvalue weighted by Crippen LogP contribution is 2.24. The molecule has 1 aromatic rings. The van der Waals surface area contributed by atoms with Gasteiger partial charge in [0, 0.05) is 6.61 Å². The van der Waals surface area contributed by atoms with E-state index < -0.39 is 5.97 Å². The van der Waals surface area contributed by atoms with Crippen molar-refractivity contribution in [3.8, 4) is 0 Å². The fourth-order valence-electron chi connectivity index (χ4n) is 1.51. The quantitative estimate of drug-likeness (QED) is 0.772. The van der Waals surface area contributed by atoms with E-state index in [0.717, 1.165) is 19.4 Å². The molecule has 5 heteroatoms. The Morgan fingerprint density at radius 3 is 3.07 bits per heavy atom. The van der Waals surface area contributed by atoms with E-state index in [-0.39, 0.29) is 11.7 Å². The maximum absolute atomic E-state index is 10.5. The number of hydrogen-bond donors (Lipinski definition) is 1. The lowest BCUT2D eigenvalue weighted by Crippen LogP contribution is -2.15. The monoisotopic (exact) mass is 197 g/mol. The van der Waals surface area contributed by atoms with Crippen LogP contribution in [-0.2, 0) is 4.74 Å². The molecule has 1 aromatic heterocycles. The third-order valence-corrected chi connectivity index (χ3v) is 2.24. The molecule has 0 aliphatic carbocycles. The lowest BCUT2D eigenvalue weighted by atomic mass is 10.0. The van der Waals surface area contributed by atoms with E-state index in [2.05, 4.69) is 4.98 Å². The average Bonchev–Trinajstić information content (AvgIpc) is 2.68. The van der Waals surface area contributed by atoms with E-state index in [1.54, 1.807) is 0 Å². The number of aromatic nitrogens is 1. The minimum Gasteiger partial charge on any atom is -0.475 e. The Morgan fingerprint density at radius 2 is 2.50 bits per heavy atom. The number of rotatable bonds is 2. The zero-order valence-corrected chi connectivity index (χ0v) is 7.60. The van der Waals surface area contributed by atoms with Crippen molar-refractivity contribution in [2.24, 2.45) is 0 Å². The summed E-state index contributed by atoms with van der Waals surface area (Å²) in [6.07, 6.45) is 3.15. The molecular weight excluding hydrogens is 186 g/mol. The van der Waals surface area contributed by atoms with Crippen LogP contribution >= 0.6 is 0 Å². The van der Waals surface area contributed by atoms with Crippen LogP contribution in [0.25, 0.3) is 0 Å². The second-order valence-corrected chi connectivity index (χ2v) is 3.28. The first-order chi connectivity index (χ1) is 6.77. The van der Waals surface area contributed by atoms with Crippen LogP contribution in [-0.4, -0.2) is 29.3 Å². The molecule has 1 aliphatic rings. The molecule has 76 valence electrons. The summed E-state index contributed by atoms with van der Waals surface area (Å²) in [7, 11) is 0. The smallest absolute Gasteiger partial charge is 0.373 e. The first-order valence-electron chi connectivity index (χ1n) is 4.54. The predicted molar refractivity (Wildman–Crippen MR) is 46.3 cm³/mol. The molecule has 1 saturated heterocycles. The second-order valence-electron chi connectivity index (χ2n) is 3.28. The number of carboxylic acids is 1. The number of hydrogen-bond acceptors (Lipinski definition) is 4. The van der Waals surface area contributed by atoms with Gasteiger partial charge in [-0.15, -0.1) is 0 Å². The summed E-state index contributed by atoms with van der Waals surface area (Å²) >= 11 is 0. The Labute approximate surface area is 80.7 Å². The summed E-state index contributed by atoms with van der Waals surface area (Å²) in [5.41, 5.74) is 0. The second kappa shape index (κ2) is 3.79. The standard InChI is InChI=1S/C9H11NO4/c11-9(12)7-4-10-8(14-7)6-2-1-3-13-5-6/h4,6H,1-3,5H2,(H,11,12). The van der Waals surface area contributed by atoms with Gasteiger partial charge in [0.15, 0.2) is 0 Å². The Bertz CT molecular complexity index is 327. The first kappa shape index (κ1) is 9.21. The minimum absolute atomic E-state index is 0.106. The zero-order chi connectivity index (χ0) is 9.97. The molecule has 0 spiro atoms. The van der Waals surface area contributed by atoms with Crippen LogP contribution in [0, 0.1) is 0 Å². The number of nitrogens with zero attached hydrogens (tertiary/aromatic N) is 1. The van der Waals surface area contributed by atoms with Gasteiger partial charge in [-0.1, -0.05) is 0 Å². The molecule has 14 heavy (non-hydrogen) atoms. The first-order valence-corrected chi connectivity index (χ1v) is 4.54. The molecule has 5 nitrogen and oxygen atoms in total. The highest BCUT2D eigenvalue weighted by atomic mass is 16.5. The van der Waals surface area contributed by atoms with Crippen LogP contribution < -0.4 is 0 Å². The van der Waals surface area contributed by atoms with Crippen molar-refractivity contribution < 1.29 is 19.1 Å². The topological polar surface area (TPSA) is 72.6 Å². The highest BCUT2D eigenvalue weighted by molar-refractivity contribution is 5.83. The summed E-state index contributed by atoms with van der Waals surface area (Å²) in [5, 5.41) is 8.63. The average molecular weight is 197 g/mol. The minimum atomic E-state index is -1.08. The largest absolute Gasteiger partial charge is 0.475 e. The molecule has 2 rings (SSSR count). The van der Waals surface area contributed by atoms with Crippen LogP contribution in [0.15, 0.2) is 10.6 Å². The van der Waals surface area contributed by atoms with Gasteiger partial charge in [0.1, 0.15) is 0 Å². The van der Waals surface area contributed by atoms with Crippen molar-refractivity contribution in [2.75, 3.05) is 13.2 Å². The van der Waals surface area contributed by atoms with E-state index in [0.29, 0.717) is 12.5 Å². The van der Waals surface area contributed by atoms with E-state index in [4.69, 9.17) is 14.3 Å². The number of aromatic carboxylic acids is 1. The van der Waals surface area contributed by atoms with Crippen LogP contribution in [0.2, 0.25) is 0 Å². The van der Waals surface area contributed by atoms with E-state index in [1.807, 2.05) is 0 Å². The van der Waals surface area contributed by atoms with Gasteiger partial charge < -0.3 is 14.3 Å². The summed E-state index contributed by atoms with van der Waals surface area (Å²) in [6, 6.07) is 0. The molecule has 0 radical (unpaired) electrons. The summed E-state index contributed by atoms with van der Waals surface area (Å²) in [6.45, 7) is 1.34. The Balaban J connectivity index is 2.11. The molecule has 0 amide bonds. The van der Waals surface area contributed by atoms with Crippen molar-refractivity contribution in [3.63, 3.8) is 0 Å². The molecule has 1 atom stereocenters. The summed E-state index contributed by atoms with van der Waals surface area (Å²) in [5.74, 6) is -0.606. The van der Waals surface area contributed by atoms with Crippen molar-refractivity contribution >= 4 is 5.97 Å². The van der Waals surface area contributed by atoms with Gasteiger partial charge in [-0.05, 0) is 12.8 Å². The number of ether oxygens (including phenoxy) is 1. The van der Waals surface area contributed by atoms with Crippen molar-refractivity contribution in [1.82, 2.24) is 4.98 Å². The van der Waals surface area contributed by atoms with Crippen LogP contribution in [0.4, 0.5) is 0 Å². The van der Waals surface area contributed by atoms with Gasteiger partial charge >= 0.3 is 5.97 Å². The van der Waals surface area contributed by atoms with Gasteiger partial charge in [0.05, 0.1) is 18.7 Å². The van der Waals surface area contributed by atoms with Crippen LogP contribution in [0.3, 0.4) is 0 Å². The third-order valence-electron chi connectivity index (χ3n) is 2.24. The summed E-state index contributed by atoms with van der Waals surface area (Å²) in [4.78, 5) is 14.5. The molecule has 1 unspecified atom stereocenters. The van der Waals surface area contributed by atoms with Gasteiger partial charge in [-0.3, -0.25) is 0 Å². The molecular formula is C9H11NO4. The SMILES string of the molecule is O=C(O)c1cnc(C2CCCOC2)o1. The van der Waals surface area contributed by atoms with Crippen molar-refractivity contribution in [2.45, 2.75) is 18.8 Å². The van der Waals surface area contributed by atoms with E-state index in [9.17, 15) is 4.79 Å². The molecule has 1 N–H and O–H groups in total. The number of carbonyl (C=O) groups is 1. The van der Waals surface area contributed by atoms with Crippen molar-refractivity contribution in [1.29, 1.82) is 0 Å². The maximum Gasteiger partial charge on any atom is 0.373 e. The van der Waals surface area contributed by atoms with Gasteiger partial charge in [0.2, 0.25) is 11.7 Å². The lowest BCUT2D eigenvalue weighted by Gasteiger charge is -2.18. The van der Waals surface area contributed by atoms with E-state index >= 15 is 0 Å². The molecule has 0 bridgehead atoms. The fourth-order valence-corrected chi connectivity index (χ4v) is 1.51. The fraction of sp³-hybridized carbons (Fsp3) is 0.556. The van der Waals surface area contributed by atoms with Gasteiger partial charge in [0.25, 0.3) is 0 Å². The lowest BCUT2D eigenvalue weighted by molar-refractivity contribution is 0.0626. The van der Waals surface area contributed by atoms with E-state index in [1.165, 1.54) is 6.20 Å². The number of carboxylic acid groups (broad SMARTS) is 1. The highest BCUT2D eigenvalue weighted by Gasteiger charge is 2.22. The molecule has 0 aromatic carbocycles. The van der Waals surface area contributed by atoms with Crippen LogP contribution in [0.5, 0.6) is 0 Å². The van der Waals surface area contributed by atoms with Gasteiger partial charge in [-0.25, -0.2) is 9.78 Å². The Kier molecular flexibility index (Phi) is 2.49. The predicted octanol–water partition coefficient (Wildman–Crippen LogP) is 1.27. The zero-order valence-electron chi connectivity index (χ0n) is 7.60. The maximum atomic E-state index is 10.5. The van der Waals surface area contributed by atoms with Gasteiger partial charge in [-0.2, -0.15) is 0 Å². The summed E-state index contributed by atoms with van der Waals surface area (Å²) < 4.78 is 10.4. The molecule has 2 heterocycles. The Morgan fingerprint density at radius 1 is 1.64 bits per heavy atom.